The summed E-state index contributed by atoms with van der Waals surface area (Å²) in [6.07, 6.45) is 4.93. The number of nitrogens with zero attached hydrogens (tertiary/aromatic N) is 2. The second kappa shape index (κ2) is 18.9. The number of rotatable bonds is 20. The van der Waals surface area contributed by atoms with Crippen LogP contribution in [0.5, 0.6) is 17.2 Å². The molecule has 16 heteroatoms. The first-order chi connectivity index (χ1) is 27.5. The van der Waals surface area contributed by atoms with Crippen molar-refractivity contribution in [2.75, 3.05) is 45.7 Å². The summed E-state index contributed by atoms with van der Waals surface area (Å²) in [6.45, 7) is 6.38. The lowest BCUT2D eigenvalue weighted by atomic mass is 9.88. The molecule has 14 nitrogen and oxygen atoms in total. The fourth-order valence-electron chi connectivity index (χ4n) is 6.70. The van der Waals surface area contributed by atoms with Crippen LogP contribution in [0.4, 0.5) is 0 Å². The van der Waals surface area contributed by atoms with Crippen LogP contribution in [0.15, 0.2) is 71.9 Å². The first-order valence-electron chi connectivity index (χ1n) is 18.7. The van der Waals surface area contributed by atoms with E-state index in [9.17, 15) is 38.4 Å². The van der Waals surface area contributed by atoms with E-state index in [4.69, 9.17) is 25.8 Å². The number of likely N-dealkylation sites (tertiary alicyclic amines) is 1. The highest BCUT2D eigenvalue weighted by Gasteiger charge is 2.44. The zero-order valence-electron chi connectivity index (χ0n) is 33.0. The van der Waals surface area contributed by atoms with E-state index >= 15 is 0 Å². The highest BCUT2D eigenvalue weighted by molar-refractivity contribution is 7.90. The molecule has 1 aliphatic rings. The Morgan fingerprint density at radius 3 is 2.29 bits per heavy atom. The summed E-state index contributed by atoms with van der Waals surface area (Å²) in [5.74, 6) is -0.886. The standard InChI is InChI=1S/C42H50ClN3O11S/c1-27-30(8-5-9-33(27)34-10-6-11-36(28(34)2)55-15-7-13-46-14-12-42(24-46,26-48)40(51)52)23-57-38-18-37(56-22-29-16-32(21-44-19-29)58(4,53)54)31(17-35(38)43)20-45-41(3,25-47)39(49)50/h5-6,8-11,16-19,21,45,47-48H,7,12-15,20,22-26H2,1-4H3,(H,49,50)(H,51,52). The maximum Gasteiger partial charge on any atom is 0.326 e. The summed E-state index contributed by atoms with van der Waals surface area (Å²) >= 11 is 6.73. The van der Waals surface area contributed by atoms with Crippen molar-refractivity contribution >= 4 is 33.4 Å². The number of carboxylic acid groups (broad SMARTS) is 2. The van der Waals surface area contributed by atoms with Gasteiger partial charge >= 0.3 is 11.9 Å². The number of ether oxygens (including phenoxy) is 3. The van der Waals surface area contributed by atoms with Gasteiger partial charge < -0.3 is 39.5 Å². The number of hydrogen-bond acceptors (Lipinski definition) is 12. The number of aromatic nitrogens is 1. The van der Waals surface area contributed by atoms with Crippen molar-refractivity contribution in [1.29, 1.82) is 0 Å². The summed E-state index contributed by atoms with van der Waals surface area (Å²) in [5, 5.41) is 41.8. The SMILES string of the molecule is Cc1c(COc2cc(OCc3cncc(S(C)(=O)=O)c3)c(CNC(C)(CO)C(=O)O)cc2Cl)cccc1-c1cccc(OCCCN2CCC(CO)(C(=O)O)C2)c1C. The Hall–Kier alpha value is -4.77. The molecule has 0 amide bonds. The van der Waals surface area contributed by atoms with E-state index in [0.717, 1.165) is 39.8 Å². The van der Waals surface area contributed by atoms with E-state index in [1.165, 1.54) is 25.4 Å². The Kier molecular flexibility index (Phi) is 14.4. The number of carboxylic acids is 2. The summed E-state index contributed by atoms with van der Waals surface area (Å²) in [4.78, 5) is 29.6. The predicted molar refractivity (Wildman–Crippen MR) is 217 cm³/mol. The minimum atomic E-state index is -3.51. The monoisotopic (exact) mass is 839 g/mol. The van der Waals surface area contributed by atoms with Crippen LogP contribution in [-0.4, -0.2) is 102 Å². The number of benzene rings is 3. The van der Waals surface area contributed by atoms with Crippen molar-refractivity contribution in [2.45, 2.75) is 63.8 Å². The predicted octanol–water partition coefficient (Wildman–Crippen LogP) is 5.04. The van der Waals surface area contributed by atoms with E-state index < -0.39 is 39.3 Å². The molecule has 0 spiro atoms. The van der Waals surface area contributed by atoms with Gasteiger partial charge in [-0.15, -0.1) is 0 Å². The quantitative estimate of drug-likeness (QED) is 0.0740. The Bertz CT molecular complexity index is 2240. The molecule has 312 valence electrons. The highest BCUT2D eigenvalue weighted by atomic mass is 35.5. The molecular weight excluding hydrogens is 790 g/mol. The van der Waals surface area contributed by atoms with Crippen LogP contribution in [0.25, 0.3) is 11.1 Å². The molecular formula is C42H50ClN3O11S. The van der Waals surface area contributed by atoms with Gasteiger partial charge in [-0.25, -0.2) is 8.42 Å². The third-order valence-corrected chi connectivity index (χ3v) is 12.0. The number of aliphatic hydroxyl groups excluding tert-OH is 2. The number of aliphatic carboxylic acids is 2. The van der Waals surface area contributed by atoms with Crippen molar-refractivity contribution in [3.8, 4) is 28.4 Å². The molecule has 2 unspecified atom stereocenters. The number of aliphatic hydroxyl groups is 2. The molecule has 2 heterocycles. The molecule has 5 N–H and O–H groups in total. The van der Waals surface area contributed by atoms with Crippen LogP contribution in [0.2, 0.25) is 5.02 Å². The number of hydrogen-bond donors (Lipinski definition) is 5. The van der Waals surface area contributed by atoms with Crippen LogP contribution in [0.1, 0.15) is 47.6 Å². The van der Waals surface area contributed by atoms with E-state index in [1.54, 1.807) is 12.1 Å². The van der Waals surface area contributed by atoms with Crippen molar-refractivity contribution < 1.29 is 52.6 Å². The molecule has 2 atom stereocenters. The van der Waals surface area contributed by atoms with Gasteiger partial charge in [0.05, 0.1) is 29.7 Å². The summed E-state index contributed by atoms with van der Waals surface area (Å²) in [6, 6.07) is 16.5. The number of pyridine rings is 1. The molecule has 0 bridgehead atoms. The first kappa shape index (κ1) is 44.3. The van der Waals surface area contributed by atoms with Crippen molar-refractivity contribution in [1.82, 2.24) is 15.2 Å². The molecule has 0 aliphatic carbocycles. The van der Waals surface area contributed by atoms with Crippen molar-refractivity contribution in [2.24, 2.45) is 5.41 Å². The van der Waals surface area contributed by atoms with Crippen LogP contribution < -0.4 is 19.5 Å². The lowest BCUT2D eigenvalue weighted by Crippen LogP contribution is -2.52. The lowest BCUT2D eigenvalue weighted by Gasteiger charge is -2.25. The third kappa shape index (κ3) is 10.4. The van der Waals surface area contributed by atoms with Gasteiger partial charge in [-0.2, -0.15) is 0 Å². The summed E-state index contributed by atoms with van der Waals surface area (Å²) < 4.78 is 42.8. The minimum Gasteiger partial charge on any atom is -0.493 e. The topological polar surface area (TPSA) is 205 Å². The van der Waals surface area contributed by atoms with E-state index in [1.807, 2.05) is 50.2 Å². The van der Waals surface area contributed by atoms with Gasteiger partial charge in [0.2, 0.25) is 0 Å². The van der Waals surface area contributed by atoms with E-state index in [2.05, 4.69) is 15.2 Å². The van der Waals surface area contributed by atoms with Gasteiger partial charge in [0.25, 0.3) is 0 Å². The molecule has 1 aromatic heterocycles. The van der Waals surface area contributed by atoms with Crippen molar-refractivity contribution in [3.05, 3.63) is 99.8 Å². The molecule has 5 rings (SSSR count). The first-order valence-corrected chi connectivity index (χ1v) is 21.0. The van der Waals surface area contributed by atoms with Crippen LogP contribution >= 0.6 is 11.6 Å². The smallest absolute Gasteiger partial charge is 0.326 e. The van der Waals surface area contributed by atoms with Gasteiger partial charge in [0.1, 0.15) is 41.4 Å². The Morgan fingerprint density at radius 1 is 0.931 bits per heavy atom. The fraction of sp³-hybridized carbons (Fsp3) is 0.405. The molecule has 58 heavy (non-hydrogen) atoms. The van der Waals surface area contributed by atoms with E-state index in [0.29, 0.717) is 61.7 Å². The van der Waals surface area contributed by atoms with Gasteiger partial charge in [-0.3, -0.25) is 19.9 Å². The highest BCUT2D eigenvalue weighted by Crippen LogP contribution is 2.37. The third-order valence-electron chi connectivity index (χ3n) is 10.6. The normalized spacial score (nSPS) is 16.8. The molecule has 3 aromatic carbocycles. The molecule has 0 radical (unpaired) electrons. The number of halogens is 1. The number of sulfone groups is 1. The maximum atomic E-state index is 12.1. The fourth-order valence-corrected chi connectivity index (χ4v) is 7.55. The van der Waals surface area contributed by atoms with Crippen LogP contribution in [0.3, 0.4) is 0 Å². The van der Waals surface area contributed by atoms with Crippen LogP contribution in [0, 0.1) is 19.3 Å². The number of carbonyl (C=O) groups is 2. The number of nitrogens with one attached hydrogen (secondary N) is 1. The summed E-state index contributed by atoms with van der Waals surface area (Å²) in [7, 11) is -3.51. The summed E-state index contributed by atoms with van der Waals surface area (Å²) in [5.41, 5.74) is 3.02. The second-order valence-electron chi connectivity index (χ2n) is 14.9. The minimum absolute atomic E-state index is 0.0346. The maximum absolute atomic E-state index is 12.1. The average molecular weight is 840 g/mol. The molecule has 1 fully saturated rings. The van der Waals surface area contributed by atoms with Crippen LogP contribution in [-0.2, 0) is 39.2 Å². The molecule has 1 aliphatic heterocycles. The Balaban J connectivity index is 1.30. The largest absolute Gasteiger partial charge is 0.493 e. The Labute approximate surface area is 343 Å². The van der Waals surface area contributed by atoms with Crippen molar-refractivity contribution in [3.63, 3.8) is 0 Å². The Morgan fingerprint density at radius 2 is 1.64 bits per heavy atom. The van der Waals surface area contributed by atoms with E-state index in [-0.39, 0.29) is 36.3 Å². The second-order valence-corrected chi connectivity index (χ2v) is 17.3. The van der Waals surface area contributed by atoms with Gasteiger partial charge in [-0.1, -0.05) is 41.9 Å². The zero-order chi connectivity index (χ0) is 42.3. The van der Waals surface area contributed by atoms with Gasteiger partial charge in [-0.05, 0) is 86.2 Å². The average Bonchev–Trinajstić information content (AvgIpc) is 3.63. The molecule has 1 saturated heterocycles. The lowest BCUT2D eigenvalue weighted by molar-refractivity contribution is -0.150. The van der Waals surface area contributed by atoms with Gasteiger partial charge in [0.15, 0.2) is 9.84 Å². The van der Waals surface area contributed by atoms with Gasteiger partial charge in [0, 0.05) is 55.5 Å². The molecule has 0 saturated carbocycles. The zero-order valence-corrected chi connectivity index (χ0v) is 34.5. The molecule has 4 aromatic rings.